The number of hydrogen-bond donors (Lipinski definition) is 1. The molecule has 1 saturated heterocycles. The molecule has 0 unspecified atom stereocenters. The van der Waals surface area contributed by atoms with Crippen molar-refractivity contribution >= 4 is 5.69 Å². The molecule has 1 saturated carbocycles. The highest BCUT2D eigenvalue weighted by Crippen LogP contribution is 2.31. The fourth-order valence-electron chi connectivity index (χ4n) is 3.18. The van der Waals surface area contributed by atoms with Crippen LogP contribution in [0.3, 0.4) is 0 Å². The Morgan fingerprint density at radius 3 is 2.82 bits per heavy atom. The van der Waals surface area contributed by atoms with E-state index in [1.165, 1.54) is 24.9 Å². The Bertz CT molecular complexity index is 376. The van der Waals surface area contributed by atoms with Gasteiger partial charge in [-0.15, -0.1) is 0 Å². The monoisotopic (exact) mass is 232 g/mol. The molecule has 3 rings (SSSR count). The van der Waals surface area contributed by atoms with E-state index >= 15 is 0 Å². The van der Waals surface area contributed by atoms with Gasteiger partial charge in [-0.05, 0) is 43.5 Å². The summed E-state index contributed by atoms with van der Waals surface area (Å²) in [6, 6.07) is 9.87. The normalized spacial score (nSPS) is 27.9. The number of anilines is 1. The van der Waals surface area contributed by atoms with E-state index in [2.05, 4.69) is 34.5 Å². The van der Waals surface area contributed by atoms with Crippen LogP contribution in [0.1, 0.15) is 19.3 Å². The van der Waals surface area contributed by atoms with Crippen molar-refractivity contribution in [3.05, 3.63) is 24.3 Å². The second-order valence-electron chi connectivity index (χ2n) is 4.95. The van der Waals surface area contributed by atoms with Crippen LogP contribution in [0.25, 0.3) is 0 Å². The van der Waals surface area contributed by atoms with Crippen LogP contribution in [0.15, 0.2) is 24.3 Å². The van der Waals surface area contributed by atoms with Crippen molar-refractivity contribution in [3.63, 3.8) is 0 Å². The molecule has 1 aliphatic carbocycles. The molecule has 0 amide bonds. The number of nitrogens with one attached hydrogen (secondary N) is 1. The van der Waals surface area contributed by atoms with Crippen molar-refractivity contribution in [2.24, 2.45) is 0 Å². The number of benzene rings is 1. The summed E-state index contributed by atoms with van der Waals surface area (Å²) in [5.41, 5.74) is 1.34. The summed E-state index contributed by atoms with van der Waals surface area (Å²) >= 11 is 0. The maximum absolute atomic E-state index is 5.21. The average molecular weight is 232 g/mol. The lowest BCUT2D eigenvalue weighted by Gasteiger charge is -2.40. The second kappa shape index (κ2) is 4.57. The molecule has 0 spiro atoms. The van der Waals surface area contributed by atoms with Crippen LogP contribution in [-0.2, 0) is 0 Å². The molecule has 3 heteroatoms. The van der Waals surface area contributed by atoms with Crippen LogP contribution < -0.4 is 15.0 Å². The van der Waals surface area contributed by atoms with Crippen LogP contribution in [0.4, 0.5) is 5.69 Å². The highest BCUT2D eigenvalue weighted by molar-refractivity contribution is 5.51. The van der Waals surface area contributed by atoms with E-state index in [9.17, 15) is 0 Å². The maximum Gasteiger partial charge on any atom is 0.119 e. The first kappa shape index (κ1) is 10.9. The molecule has 17 heavy (non-hydrogen) atoms. The molecule has 1 N–H and O–H groups in total. The first-order chi connectivity index (χ1) is 8.38. The number of ether oxygens (including phenoxy) is 1. The molecule has 1 aromatic carbocycles. The number of nitrogens with zero attached hydrogens (tertiary/aromatic N) is 1. The first-order valence-electron chi connectivity index (χ1n) is 6.52. The van der Waals surface area contributed by atoms with E-state index in [0.717, 1.165) is 18.8 Å². The molecule has 3 nitrogen and oxygen atoms in total. The Kier molecular flexibility index (Phi) is 2.93. The number of hydrogen-bond acceptors (Lipinski definition) is 3. The minimum atomic E-state index is 0.692. The Balaban J connectivity index is 1.81. The van der Waals surface area contributed by atoms with E-state index in [-0.39, 0.29) is 0 Å². The van der Waals surface area contributed by atoms with Gasteiger partial charge in [-0.1, -0.05) is 0 Å². The molecule has 0 bridgehead atoms. The second-order valence-corrected chi connectivity index (χ2v) is 4.95. The summed E-state index contributed by atoms with van der Waals surface area (Å²) < 4.78 is 5.21. The summed E-state index contributed by atoms with van der Waals surface area (Å²) in [4.78, 5) is 2.56. The van der Waals surface area contributed by atoms with Gasteiger partial charge in [-0.25, -0.2) is 0 Å². The standard InChI is InChI=1S/C14H20N2O/c1-17-12-7-5-11(6-8-12)16-10-9-15-13-3-2-4-14(13)16/h5-8,13-15H,2-4,9-10H2,1H3/t13-,14-/m1/s1. The van der Waals surface area contributed by atoms with Gasteiger partial charge < -0.3 is 15.0 Å². The zero-order valence-electron chi connectivity index (χ0n) is 10.4. The van der Waals surface area contributed by atoms with E-state index in [4.69, 9.17) is 4.74 Å². The van der Waals surface area contributed by atoms with Crippen molar-refractivity contribution in [1.29, 1.82) is 0 Å². The Labute approximate surface area is 103 Å². The first-order valence-corrected chi connectivity index (χ1v) is 6.52. The van der Waals surface area contributed by atoms with Gasteiger partial charge in [0.05, 0.1) is 7.11 Å². The van der Waals surface area contributed by atoms with E-state index in [0.29, 0.717) is 12.1 Å². The molecule has 92 valence electrons. The van der Waals surface area contributed by atoms with Gasteiger partial charge in [-0.3, -0.25) is 0 Å². The molecule has 1 aromatic rings. The fraction of sp³-hybridized carbons (Fsp3) is 0.571. The van der Waals surface area contributed by atoms with Gasteiger partial charge in [0.15, 0.2) is 0 Å². The summed E-state index contributed by atoms with van der Waals surface area (Å²) in [7, 11) is 1.72. The molecule has 0 aromatic heterocycles. The van der Waals surface area contributed by atoms with Gasteiger partial charge >= 0.3 is 0 Å². The quantitative estimate of drug-likeness (QED) is 0.844. The Morgan fingerprint density at radius 1 is 1.24 bits per heavy atom. The third-order valence-corrected chi connectivity index (χ3v) is 4.04. The maximum atomic E-state index is 5.21. The highest BCUT2D eigenvalue weighted by Gasteiger charge is 2.34. The largest absolute Gasteiger partial charge is 0.497 e. The van der Waals surface area contributed by atoms with Crippen molar-refractivity contribution in [3.8, 4) is 5.75 Å². The number of piperazine rings is 1. The van der Waals surface area contributed by atoms with Crippen molar-refractivity contribution in [1.82, 2.24) is 5.32 Å². The Hall–Kier alpha value is -1.22. The molecule has 0 radical (unpaired) electrons. The zero-order valence-corrected chi connectivity index (χ0v) is 10.4. The third-order valence-electron chi connectivity index (χ3n) is 4.04. The molecule has 2 aliphatic rings. The lowest BCUT2D eigenvalue weighted by atomic mass is 10.1. The molecule has 1 aliphatic heterocycles. The average Bonchev–Trinajstić information content (AvgIpc) is 2.87. The molecule has 2 fully saturated rings. The van der Waals surface area contributed by atoms with Crippen LogP contribution >= 0.6 is 0 Å². The van der Waals surface area contributed by atoms with Gasteiger partial charge in [0, 0.05) is 30.9 Å². The minimum absolute atomic E-state index is 0.692. The highest BCUT2D eigenvalue weighted by atomic mass is 16.5. The summed E-state index contributed by atoms with van der Waals surface area (Å²) in [6.45, 7) is 2.22. The van der Waals surface area contributed by atoms with E-state index in [1.807, 2.05) is 0 Å². The summed E-state index contributed by atoms with van der Waals surface area (Å²) in [5.74, 6) is 0.937. The number of methoxy groups -OCH3 is 1. The van der Waals surface area contributed by atoms with Gasteiger partial charge in [0.2, 0.25) is 0 Å². The fourth-order valence-corrected chi connectivity index (χ4v) is 3.18. The van der Waals surface area contributed by atoms with Gasteiger partial charge in [-0.2, -0.15) is 0 Å². The lowest BCUT2D eigenvalue weighted by molar-refractivity contribution is 0.402. The smallest absolute Gasteiger partial charge is 0.119 e. The van der Waals surface area contributed by atoms with Crippen molar-refractivity contribution in [2.75, 3.05) is 25.1 Å². The zero-order chi connectivity index (χ0) is 11.7. The predicted molar refractivity (Wildman–Crippen MR) is 69.8 cm³/mol. The molecule has 2 atom stereocenters. The van der Waals surface area contributed by atoms with Gasteiger partial charge in [0.25, 0.3) is 0 Å². The molecular weight excluding hydrogens is 212 g/mol. The molecule has 1 heterocycles. The lowest BCUT2D eigenvalue weighted by Crippen LogP contribution is -2.55. The Morgan fingerprint density at radius 2 is 2.06 bits per heavy atom. The topological polar surface area (TPSA) is 24.5 Å². The number of fused-ring (bicyclic) bond motifs is 1. The summed E-state index contributed by atoms with van der Waals surface area (Å²) in [6.07, 6.45) is 4.01. The SMILES string of the molecule is COc1ccc(N2CCN[C@@H]3CCC[C@H]32)cc1. The van der Waals surface area contributed by atoms with Crippen molar-refractivity contribution < 1.29 is 4.74 Å². The summed E-state index contributed by atoms with van der Waals surface area (Å²) in [5, 5.41) is 3.64. The minimum Gasteiger partial charge on any atom is -0.497 e. The van der Waals surface area contributed by atoms with Crippen LogP contribution in [-0.4, -0.2) is 32.3 Å². The number of rotatable bonds is 2. The predicted octanol–water partition coefficient (Wildman–Crippen LogP) is 2.03. The third kappa shape index (κ3) is 2.00. The molecular formula is C14H20N2O. The van der Waals surface area contributed by atoms with Crippen LogP contribution in [0.2, 0.25) is 0 Å². The van der Waals surface area contributed by atoms with E-state index < -0.39 is 0 Å². The van der Waals surface area contributed by atoms with Crippen molar-refractivity contribution in [2.45, 2.75) is 31.3 Å². The van der Waals surface area contributed by atoms with E-state index in [1.54, 1.807) is 7.11 Å². The van der Waals surface area contributed by atoms with Crippen LogP contribution in [0.5, 0.6) is 5.75 Å². The van der Waals surface area contributed by atoms with Crippen LogP contribution in [0, 0.1) is 0 Å². The van der Waals surface area contributed by atoms with Gasteiger partial charge in [0.1, 0.15) is 5.75 Å².